The first-order valence-electron chi connectivity index (χ1n) is 12.6. The van der Waals surface area contributed by atoms with E-state index in [0.29, 0.717) is 75.8 Å². The number of amides is 2. The van der Waals surface area contributed by atoms with Crippen molar-refractivity contribution >= 4 is 35.3 Å². The van der Waals surface area contributed by atoms with Crippen LogP contribution in [-0.4, -0.2) is 106 Å². The van der Waals surface area contributed by atoms with Crippen molar-refractivity contribution in [3.05, 3.63) is 24.0 Å². The zero-order valence-electron chi connectivity index (χ0n) is 21.4. The quantitative estimate of drug-likeness (QED) is 0.542. The summed E-state index contributed by atoms with van der Waals surface area (Å²) >= 11 is 0. The van der Waals surface area contributed by atoms with Gasteiger partial charge in [-0.3, -0.25) is 9.69 Å². The second-order valence-corrected chi connectivity index (χ2v) is 9.18. The summed E-state index contributed by atoms with van der Waals surface area (Å²) in [5.41, 5.74) is 0.867. The highest BCUT2D eigenvalue weighted by Gasteiger charge is 2.33. The van der Waals surface area contributed by atoms with E-state index in [1.54, 1.807) is 12.1 Å². The summed E-state index contributed by atoms with van der Waals surface area (Å²) < 4.78 is 31.2. The number of nitrogens with zero attached hydrogens (tertiary/aromatic N) is 7. The van der Waals surface area contributed by atoms with Crippen LogP contribution >= 0.6 is 0 Å². The number of hydrogen-bond donors (Lipinski definition) is 1. The molecule has 5 rings (SSSR count). The van der Waals surface area contributed by atoms with Crippen LogP contribution in [0.3, 0.4) is 0 Å². The second-order valence-electron chi connectivity index (χ2n) is 9.18. The van der Waals surface area contributed by atoms with Crippen molar-refractivity contribution < 1.29 is 28.2 Å². The minimum Gasteiger partial charge on any atom is -0.467 e. The molecule has 1 atom stereocenters. The van der Waals surface area contributed by atoms with Gasteiger partial charge in [0.05, 0.1) is 44.8 Å². The van der Waals surface area contributed by atoms with Crippen molar-refractivity contribution in [2.24, 2.45) is 0 Å². The Kier molecular flexibility index (Phi) is 7.58. The van der Waals surface area contributed by atoms with E-state index in [1.807, 2.05) is 14.7 Å². The number of morpholine rings is 1. The highest BCUT2D eigenvalue weighted by Crippen LogP contribution is 2.29. The van der Waals surface area contributed by atoms with Crippen molar-refractivity contribution in [3.63, 3.8) is 0 Å². The maximum atomic E-state index is 15.2. The van der Waals surface area contributed by atoms with Gasteiger partial charge >= 0.3 is 12.1 Å². The molecule has 4 heterocycles. The van der Waals surface area contributed by atoms with Crippen molar-refractivity contribution in [3.8, 4) is 6.01 Å². The molecule has 1 N–H and O–H groups in total. The number of halogens is 1. The molecule has 2 aromatic rings. The number of nitrogens with one attached hydrogen (secondary N) is 1. The van der Waals surface area contributed by atoms with Crippen LogP contribution in [0.25, 0.3) is 0 Å². The summed E-state index contributed by atoms with van der Waals surface area (Å²) in [6, 6.07) is 4.98. The molecule has 1 aromatic heterocycles. The molecule has 0 radical (unpaired) electrons. The number of aromatic nitrogens is 3. The number of carbonyl (C=O) groups is 2. The number of benzene rings is 1. The standard InChI is InChI=1S/C24H31FN8O5/c1-16(34)26-14-18-15-33(24(35)38-18)17-3-4-20(19(25)13-17)30-5-7-31(8-6-30)21-27-22(29-23(28-21)36-2)32-9-11-37-12-10-32/h3-4,13,18H,5-12,14-15H2,1-2H3,(H,26,34)/t18-/m0/s1. The first kappa shape index (κ1) is 25.7. The van der Waals surface area contributed by atoms with E-state index in [0.717, 1.165) is 0 Å². The lowest BCUT2D eigenvalue weighted by Crippen LogP contribution is -2.47. The number of cyclic esters (lactones) is 1. The maximum absolute atomic E-state index is 15.2. The van der Waals surface area contributed by atoms with Crippen LogP contribution < -0.4 is 29.7 Å². The fourth-order valence-electron chi connectivity index (χ4n) is 4.64. The van der Waals surface area contributed by atoms with Gasteiger partial charge in [-0.05, 0) is 18.2 Å². The van der Waals surface area contributed by atoms with Crippen LogP contribution in [0.2, 0.25) is 0 Å². The number of ether oxygens (including phenoxy) is 3. The van der Waals surface area contributed by atoms with Gasteiger partial charge in [0.1, 0.15) is 11.9 Å². The van der Waals surface area contributed by atoms with Crippen LogP contribution in [0.5, 0.6) is 6.01 Å². The summed E-state index contributed by atoms with van der Waals surface area (Å²) in [6.45, 7) is 6.74. The Balaban J connectivity index is 1.23. The average Bonchev–Trinajstić information content (AvgIpc) is 3.32. The molecule has 14 heteroatoms. The zero-order chi connectivity index (χ0) is 26.6. The molecule has 38 heavy (non-hydrogen) atoms. The Morgan fingerprint density at radius 1 is 1.05 bits per heavy atom. The predicted molar refractivity (Wildman–Crippen MR) is 137 cm³/mol. The highest BCUT2D eigenvalue weighted by molar-refractivity contribution is 5.90. The molecule has 2 amide bonds. The number of anilines is 4. The van der Waals surface area contributed by atoms with Crippen LogP contribution in [0.4, 0.5) is 32.5 Å². The van der Waals surface area contributed by atoms with Gasteiger partial charge in [-0.15, -0.1) is 0 Å². The van der Waals surface area contributed by atoms with E-state index in [2.05, 4.69) is 20.3 Å². The fraction of sp³-hybridized carbons (Fsp3) is 0.542. The van der Waals surface area contributed by atoms with E-state index in [4.69, 9.17) is 14.2 Å². The maximum Gasteiger partial charge on any atom is 0.414 e. The van der Waals surface area contributed by atoms with Crippen LogP contribution in [0.1, 0.15) is 6.92 Å². The van der Waals surface area contributed by atoms with Gasteiger partial charge in [0.2, 0.25) is 17.8 Å². The molecule has 0 aliphatic carbocycles. The van der Waals surface area contributed by atoms with E-state index < -0.39 is 18.0 Å². The van der Waals surface area contributed by atoms with Crippen molar-refractivity contribution in [1.29, 1.82) is 0 Å². The minimum absolute atomic E-state index is 0.206. The molecule has 0 unspecified atom stereocenters. The molecule has 0 spiro atoms. The third kappa shape index (κ3) is 5.64. The third-order valence-electron chi connectivity index (χ3n) is 6.67. The molecule has 3 fully saturated rings. The minimum atomic E-state index is -0.564. The van der Waals surface area contributed by atoms with E-state index in [-0.39, 0.29) is 25.0 Å². The number of hydrogen-bond acceptors (Lipinski definition) is 11. The van der Waals surface area contributed by atoms with Crippen LogP contribution in [0.15, 0.2) is 18.2 Å². The molecular weight excluding hydrogens is 499 g/mol. The summed E-state index contributed by atoms with van der Waals surface area (Å²) in [6.07, 6.45) is -1.05. The molecule has 13 nitrogen and oxygen atoms in total. The molecule has 1 aromatic carbocycles. The molecule has 3 aliphatic heterocycles. The fourth-order valence-corrected chi connectivity index (χ4v) is 4.64. The molecule has 0 saturated carbocycles. The zero-order valence-corrected chi connectivity index (χ0v) is 21.4. The SMILES string of the molecule is COc1nc(N2CCOCC2)nc(N2CCN(c3ccc(N4C[C@H](CNC(C)=O)OC4=O)cc3F)CC2)n1. The number of carbonyl (C=O) groups excluding carboxylic acids is 2. The van der Waals surface area contributed by atoms with E-state index in [9.17, 15) is 9.59 Å². The summed E-state index contributed by atoms with van der Waals surface area (Å²) in [4.78, 5) is 44.3. The van der Waals surface area contributed by atoms with Gasteiger partial charge in [-0.25, -0.2) is 9.18 Å². The van der Waals surface area contributed by atoms with Crippen LogP contribution in [0, 0.1) is 5.82 Å². The Hall–Kier alpha value is -3.94. The van der Waals surface area contributed by atoms with Crippen LogP contribution in [-0.2, 0) is 14.3 Å². The summed E-state index contributed by atoms with van der Waals surface area (Å²) in [5.74, 6) is 0.446. The Bertz CT molecular complexity index is 1170. The Labute approximate surface area is 219 Å². The number of methoxy groups -OCH3 is 1. The number of piperazine rings is 1. The van der Waals surface area contributed by atoms with Crippen molar-refractivity contribution in [2.75, 3.05) is 92.3 Å². The topological polar surface area (TPSA) is 125 Å². The summed E-state index contributed by atoms with van der Waals surface area (Å²) in [5, 5.41) is 2.63. The molecule has 3 aliphatic rings. The van der Waals surface area contributed by atoms with Crippen molar-refractivity contribution in [1.82, 2.24) is 20.3 Å². The normalized spacial score (nSPS) is 20.0. The van der Waals surface area contributed by atoms with Gasteiger partial charge in [-0.1, -0.05) is 0 Å². The second kappa shape index (κ2) is 11.2. The Morgan fingerprint density at radius 2 is 1.71 bits per heavy atom. The smallest absolute Gasteiger partial charge is 0.414 e. The van der Waals surface area contributed by atoms with Crippen molar-refractivity contribution in [2.45, 2.75) is 13.0 Å². The van der Waals surface area contributed by atoms with Gasteiger partial charge in [0, 0.05) is 46.2 Å². The lowest BCUT2D eigenvalue weighted by atomic mass is 10.2. The van der Waals surface area contributed by atoms with Gasteiger partial charge in [-0.2, -0.15) is 15.0 Å². The molecule has 204 valence electrons. The number of rotatable bonds is 7. The molecule has 3 saturated heterocycles. The van der Waals surface area contributed by atoms with Gasteiger partial charge in [0.15, 0.2) is 0 Å². The van der Waals surface area contributed by atoms with E-state index >= 15 is 4.39 Å². The molecule has 0 bridgehead atoms. The first-order valence-corrected chi connectivity index (χ1v) is 12.6. The third-order valence-corrected chi connectivity index (χ3v) is 6.67. The highest BCUT2D eigenvalue weighted by atomic mass is 19.1. The predicted octanol–water partition coefficient (Wildman–Crippen LogP) is 0.644. The largest absolute Gasteiger partial charge is 0.467 e. The van der Waals surface area contributed by atoms with Gasteiger partial charge < -0.3 is 34.2 Å². The average molecular weight is 531 g/mol. The summed E-state index contributed by atoms with van der Waals surface area (Å²) in [7, 11) is 1.53. The molecular formula is C24H31FN8O5. The first-order chi connectivity index (χ1) is 18.4. The monoisotopic (exact) mass is 530 g/mol. The lowest BCUT2D eigenvalue weighted by Gasteiger charge is -2.36. The van der Waals surface area contributed by atoms with Gasteiger partial charge in [0.25, 0.3) is 0 Å². The lowest BCUT2D eigenvalue weighted by molar-refractivity contribution is -0.119. The Morgan fingerprint density at radius 3 is 2.34 bits per heavy atom. The van der Waals surface area contributed by atoms with E-state index in [1.165, 1.54) is 25.0 Å².